The number of fused-ring (bicyclic) bond motifs is 2. The molecule has 2 aliphatic rings. The fourth-order valence-electron chi connectivity index (χ4n) is 4.08. The minimum absolute atomic E-state index is 0.0637. The van der Waals surface area contributed by atoms with E-state index in [1.165, 1.54) is 12.8 Å². The quantitative estimate of drug-likeness (QED) is 0.520. The molecule has 0 unspecified atom stereocenters. The molecule has 1 fully saturated rings. The van der Waals surface area contributed by atoms with E-state index in [4.69, 9.17) is 14.1 Å². The molecule has 158 valence electrons. The SMILES string of the molecule is CC(C)Oc1cc2c(-c3ccnc(N4CCc5oc(C6CC6)nc5C4)c3)n[nH]c2cn1. The number of aromatic nitrogens is 5. The molecule has 4 aromatic heterocycles. The van der Waals surface area contributed by atoms with Gasteiger partial charge in [0.25, 0.3) is 0 Å². The minimum atomic E-state index is 0.0637. The number of anilines is 1. The Hall–Kier alpha value is -3.42. The summed E-state index contributed by atoms with van der Waals surface area (Å²) in [5.41, 5.74) is 3.79. The number of H-pyrrole nitrogens is 1. The first-order valence-electron chi connectivity index (χ1n) is 10.8. The summed E-state index contributed by atoms with van der Waals surface area (Å²) in [5.74, 6) is 4.01. The van der Waals surface area contributed by atoms with E-state index in [1.807, 2.05) is 32.2 Å². The van der Waals surface area contributed by atoms with Crippen LogP contribution in [0.3, 0.4) is 0 Å². The first-order valence-corrected chi connectivity index (χ1v) is 10.8. The van der Waals surface area contributed by atoms with E-state index in [2.05, 4.69) is 31.1 Å². The van der Waals surface area contributed by atoms with Crippen molar-refractivity contribution in [1.29, 1.82) is 0 Å². The van der Waals surface area contributed by atoms with Crippen molar-refractivity contribution in [3.05, 3.63) is 47.9 Å². The molecule has 4 aromatic rings. The normalized spacial score (nSPS) is 16.2. The molecule has 8 nitrogen and oxygen atoms in total. The van der Waals surface area contributed by atoms with Gasteiger partial charge in [0.05, 0.1) is 24.4 Å². The van der Waals surface area contributed by atoms with Crippen LogP contribution in [0.15, 0.2) is 35.0 Å². The molecular formula is C23H24N6O2. The van der Waals surface area contributed by atoms with E-state index in [1.54, 1.807) is 6.20 Å². The number of rotatable bonds is 5. The molecule has 5 heterocycles. The van der Waals surface area contributed by atoms with Crippen molar-refractivity contribution in [1.82, 2.24) is 25.1 Å². The molecule has 0 aromatic carbocycles. The van der Waals surface area contributed by atoms with Gasteiger partial charge in [-0.2, -0.15) is 5.10 Å². The van der Waals surface area contributed by atoms with E-state index >= 15 is 0 Å². The zero-order valence-corrected chi connectivity index (χ0v) is 17.6. The maximum Gasteiger partial charge on any atom is 0.214 e. The number of pyridine rings is 2. The molecule has 0 spiro atoms. The summed E-state index contributed by atoms with van der Waals surface area (Å²) in [7, 11) is 0. The van der Waals surface area contributed by atoms with Gasteiger partial charge < -0.3 is 14.1 Å². The lowest BCUT2D eigenvalue weighted by Crippen LogP contribution is -2.30. The summed E-state index contributed by atoms with van der Waals surface area (Å²) in [5, 5.41) is 8.60. The topological polar surface area (TPSA) is 93.0 Å². The largest absolute Gasteiger partial charge is 0.475 e. The van der Waals surface area contributed by atoms with Crippen LogP contribution in [0.25, 0.3) is 22.2 Å². The van der Waals surface area contributed by atoms with Crippen LogP contribution >= 0.6 is 0 Å². The highest BCUT2D eigenvalue weighted by molar-refractivity contribution is 5.93. The number of hydrogen-bond acceptors (Lipinski definition) is 7. The smallest absolute Gasteiger partial charge is 0.214 e. The summed E-state index contributed by atoms with van der Waals surface area (Å²) < 4.78 is 11.8. The molecule has 1 N–H and O–H groups in total. The Labute approximate surface area is 179 Å². The van der Waals surface area contributed by atoms with Crippen LogP contribution in [-0.2, 0) is 13.0 Å². The van der Waals surface area contributed by atoms with Gasteiger partial charge in [0.15, 0.2) is 5.89 Å². The van der Waals surface area contributed by atoms with Crippen LogP contribution in [0.4, 0.5) is 5.82 Å². The zero-order chi connectivity index (χ0) is 20.9. The van der Waals surface area contributed by atoms with Gasteiger partial charge in [-0.15, -0.1) is 0 Å². The predicted molar refractivity (Wildman–Crippen MR) is 116 cm³/mol. The van der Waals surface area contributed by atoms with Crippen molar-refractivity contribution in [3.63, 3.8) is 0 Å². The van der Waals surface area contributed by atoms with Crippen molar-refractivity contribution < 1.29 is 9.15 Å². The van der Waals surface area contributed by atoms with Gasteiger partial charge in [0.2, 0.25) is 5.88 Å². The van der Waals surface area contributed by atoms with Crippen LogP contribution in [0.1, 0.15) is 50.0 Å². The van der Waals surface area contributed by atoms with Crippen LogP contribution in [-0.4, -0.2) is 37.8 Å². The van der Waals surface area contributed by atoms with Crippen molar-refractivity contribution >= 4 is 16.7 Å². The fourth-order valence-corrected chi connectivity index (χ4v) is 4.08. The highest BCUT2D eigenvalue weighted by Crippen LogP contribution is 2.41. The Morgan fingerprint density at radius 2 is 2.13 bits per heavy atom. The summed E-state index contributed by atoms with van der Waals surface area (Å²) >= 11 is 0. The molecule has 1 aliphatic carbocycles. The maximum absolute atomic E-state index is 5.99. The average Bonchev–Trinajstić information content (AvgIpc) is 3.40. The molecule has 31 heavy (non-hydrogen) atoms. The Bertz CT molecular complexity index is 1260. The summed E-state index contributed by atoms with van der Waals surface area (Å²) in [4.78, 5) is 16.0. The Kier molecular flexibility index (Phi) is 4.19. The van der Waals surface area contributed by atoms with Crippen molar-refractivity contribution in [2.24, 2.45) is 0 Å². The van der Waals surface area contributed by atoms with E-state index in [0.717, 1.165) is 64.8 Å². The molecule has 0 atom stereocenters. The second kappa shape index (κ2) is 7.08. The van der Waals surface area contributed by atoms with E-state index < -0.39 is 0 Å². The summed E-state index contributed by atoms with van der Waals surface area (Å²) in [6.07, 6.45) is 6.92. The monoisotopic (exact) mass is 416 g/mol. The van der Waals surface area contributed by atoms with Crippen LogP contribution in [0.5, 0.6) is 5.88 Å². The highest BCUT2D eigenvalue weighted by atomic mass is 16.5. The van der Waals surface area contributed by atoms with Crippen molar-refractivity contribution in [3.8, 4) is 17.1 Å². The third kappa shape index (κ3) is 3.41. The number of hydrogen-bond donors (Lipinski definition) is 1. The molecule has 1 saturated carbocycles. The van der Waals surface area contributed by atoms with Gasteiger partial charge in [-0.05, 0) is 38.8 Å². The first kappa shape index (κ1) is 18.4. The van der Waals surface area contributed by atoms with E-state index in [-0.39, 0.29) is 6.10 Å². The first-order chi connectivity index (χ1) is 15.1. The van der Waals surface area contributed by atoms with Gasteiger partial charge in [0, 0.05) is 42.1 Å². The van der Waals surface area contributed by atoms with E-state index in [0.29, 0.717) is 11.8 Å². The van der Waals surface area contributed by atoms with E-state index in [9.17, 15) is 0 Å². The Balaban J connectivity index is 1.31. The van der Waals surface area contributed by atoms with Crippen LogP contribution in [0.2, 0.25) is 0 Å². The van der Waals surface area contributed by atoms with Crippen LogP contribution in [0, 0.1) is 0 Å². The number of oxazole rings is 1. The second-order valence-corrected chi connectivity index (χ2v) is 8.58. The molecule has 0 amide bonds. The third-order valence-corrected chi connectivity index (χ3v) is 5.79. The van der Waals surface area contributed by atoms with Crippen molar-refractivity contribution in [2.75, 3.05) is 11.4 Å². The fraction of sp³-hybridized carbons (Fsp3) is 0.391. The lowest BCUT2D eigenvalue weighted by atomic mass is 10.1. The lowest BCUT2D eigenvalue weighted by molar-refractivity contribution is 0.233. The summed E-state index contributed by atoms with van der Waals surface area (Å²) in [6.45, 7) is 5.56. The third-order valence-electron chi connectivity index (χ3n) is 5.79. The molecule has 6 rings (SSSR count). The number of nitrogens with one attached hydrogen (secondary N) is 1. The maximum atomic E-state index is 5.99. The molecule has 0 saturated heterocycles. The van der Waals surface area contributed by atoms with Crippen LogP contribution < -0.4 is 9.64 Å². The zero-order valence-electron chi connectivity index (χ0n) is 17.6. The van der Waals surface area contributed by atoms with Gasteiger partial charge in [0.1, 0.15) is 23.0 Å². The number of ether oxygens (including phenoxy) is 1. The van der Waals surface area contributed by atoms with Gasteiger partial charge in [-0.25, -0.2) is 15.0 Å². The molecule has 8 heteroatoms. The standard InChI is InChI=1S/C23H24N6O2/c1-13(2)30-21-10-16-17(11-25-21)27-28-22(16)15-5-7-24-20(9-15)29-8-6-19-18(12-29)26-23(31-19)14-3-4-14/h5,7,9-11,13-14H,3-4,6,8,12H2,1-2H3,(H,27,28). The summed E-state index contributed by atoms with van der Waals surface area (Å²) in [6, 6.07) is 6.02. The average molecular weight is 416 g/mol. The molecule has 1 aliphatic heterocycles. The van der Waals surface area contributed by atoms with Gasteiger partial charge in [-0.1, -0.05) is 0 Å². The van der Waals surface area contributed by atoms with Gasteiger partial charge >= 0.3 is 0 Å². The van der Waals surface area contributed by atoms with Gasteiger partial charge in [-0.3, -0.25) is 5.10 Å². The Morgan fingerprint density at radius 1 is 1.23 bits per heavy atom. The lowest BCUT2D eigenvalue weighted by Gasteiger charge is -2.26. The molecule has 0 bridgehead atoms. The number of aromatic amines is 1. The highest BCUT2D eigenvalue weighted by Gasteiger charge is 2.32. The minimum Gasteiger partial charge on any atom is -0.475 e. The predicted octanol–water partition coefficient (Wildman–Crippen LogP) is 4.24. The Morgan fingerprint density at radius 3 is 2.97 bits per heavy atom. The second-order valence-electron chi connectivity index (χ2n) is 8.58. The molecular weight excluding hydrogens is 392 g/mol. The number of nitrogens with zero attached hydrogens (tertiary/aromatic N) is 5. The van der Waals surface area contributed by atoms with Crippen molar-refractivity contribution in [2.45, 2.75) is 51.7 Å². The molecule has 0 radical (unpaired) electrons.